The van der Waals surface area contributed by atoms with Gasteiger partial charge in [0, 0.05) is 56.1 Å². The van der Waals surface area contributed by atoms with Crippen LogP contribution in [-0.4, -0.2) is 58.4 Å². The third-order valence-electron chi connectivity index (χ3n) is 8.29. The summed E-state index contributed by atoms with van der Waals surface area (Å²) in [4.78, 5) is 42.1. The van der Waals surface area contributed by atoms with Gasteiger partial charge in [0.2, 0.25) is 17.7 Å². The molecule has 2 aliphatic rings. The summed E-state index contributed by atoms with van der Waals surface area (Å²) in [6.07, 6.45) is 3.55. The standard InChI is InChI=1S/C30H36FN5O3/c1-29(2,32)27(38)34-24(15-20-17-35(3)25-8-5-4-7-22(20)25)26(37)36-14-6-13-30(18-36)23(16-33-28(30)39)19-9-11-21(31)12-10-19/h4-5,7-12,17,23-24H,6,13-16,18,32H2,1-3H3,(H,33,39)(H,34,38). The molecule has 3 amide bonds. The fraction of sp³-hybridized carbons (Fsp3) is 0.433. The summed E-state index contributed by atoms with van der Waals surface area (Å²) in [5, 5.41) is 6.91. The second-order valence-corrected chi connectivity index (χ2v) is 11.6. The number of nitrogens with zero attached hydrogens (tertiary/aromatic N) is 2. The van der Waals surface area contributed by atoms with E-state index in [0.29, 0.717) is 32.4 Å². The molecule has 0 bridgehead atoms. The Morgan fingerprint density at radius 2 is 1.92 bits per heavy atom. The van der Waals surface area contributed by atoms with Crippen LogP contribution in [0.1, 0.15) is 43.7 Å². The quantitative estimate of drug-likeness (QED) is 0.453. The molecule has 9 heteroatoms. The van der Waals surface area contributed by atoms with Crippen molar-refractivity contribution in [1.82, 2.24) is 20.1 Å². The van der Waals surface area contributed by atoms with Gasteiger partial charge in [0.1, 0.15) is 11.9 Å². The summed E-state index contributed by atoms with van der Waals surface area (Å²) >= 11 is 0. The van der Waals surface area contributed by atoms with Crippen molar-refractivity contribution >= 4 is 28.6 Å². The molecule has 2 aromatic carbocycles. The summed E-state index contributed by atoms with van der Waals surface area (Å²) in [6.45, 7) is 4.36. The Labute approximate surface area is 227 Å². The van der Waals surface area contributed by atoms with Crippen LogP contribution in [0.25, 0.3) is 10.9 Å². The minimum Gasteiger partial charge on any atom is -0.355 e. The van der Waals surface area contributed by atoms with Crippen molar-refractivity contribution in [1.29, 1.82) is 0 Å². The molecule has 8 nitrogen and oxygen atoms in total. The number of halogens is 1. The van der Waals surface area contributed by atoms with Crippen molar-refractivity contribution < 1.29 is 18.8 Å². The normalized spacial score (nSPS) is 22.2. The minimum absolute atomic E-state index is 0.0907. The lowest BCUT2D eigenvalue weighted by Crippen LogP contribution is -2.59. The molecule has 2 saturated heterocycles. The molecule has 206 valence electrons. The first kappa shape index (κ1) is 26.9. The smallest absolute Gasteiger partial charge is 0.245 e. The Morgan fingerprint density at radius 3 is 2.64 bits per heavy atom. The van der Waals surface area contributed by atoms with Gasteiger partial charge in [-0.05, 0) is 56.0 Å². The zero-order valence-electron chi connectivity index (χ0n) is 22.7. The molecule has 3 atom stereocenters. The molecule has 2 fully saturated rings. The predicted molar refractivity (Wildman–Crippen MR) is 147 cm³/mol. The fourth-order valence-corrected chi connectivity index (χ4v) is 6.17. The zero-order valence-corrected chi connectivity index (χ0v) is 22.7. The molecule has 1 aromatic heterocycles. The predicted octanol–water partition coefficient (Wildman–Crippen LogP) is 2.60. The molecular weight excluding hydrogens is 497 g/mol. The summed E-state index contributed by atoms with van der Waals surface area (Å²) in [7, 11) is 1.95. The second-order valence-electron chi connectivity index (χ2n) is 11.6. The summed E-state index contributed by atoms with van der Waals surface area (Å²) < 4.78 is 15.6. The van der Waals surface area contributed by atoms with Crippen molar-refractivity contribution in [3.05, 3.63) is 71.7 Å². The number of fused-ring (bicyclic) bond motifs is 1. The van der Waals surface area contributed by atoms with Crippen LogP contribution in [0.2, 0.25) is 0 Å². The van der Waals surface area contributed by atoms with Crippen LogP contribution in [0, 0.1) is 11.2 Å². The van der Waals surface area contributed by atoms with E-state index in [1.807, 2.05) is 42.1 Å². The number of rotatable bonds is 6. The lowest BCUT2D eigenvalue weighted by atomic mass is 9.69. The second kappa shape index (κ2) is 10.1. The number of likely N-dealkylation sites (tertiary alicyclic amines) is 1. The van der Waals surface area contributed by atoms with Gasteiger partial charge in [-0.3, -0.25) is 14.4 Å². The Morgan fingerprint density at radius 1 is 1.21 bits per heavy atom. The number of hydrogen-bond donors (Lipinski definition) is 3. The van der Waals surface area contributed by atoms with Gasteiger partial charge in [-0.15, -0.1) is 0 Å². The van der Waals surface area contributed by atoms with E-state index in [0.717, 1.165) is 22.0 Å². The molecule has 0 saturated carbocycles. The van der Waals surface area contributed by atoms with E-state index < -0.39 is 22.9 Å². The number of nitrogens with two attached hydrogens (primary N) is 1. The monoisotopic (exact) mass is 533 g/mol. The molecular formula is C30H36FN5O3. The molecule has 39 heavy (non-hydrogen) atoms. The molecule has 3 unspecified atom stereocenters. The lowest BCUT2D eigenvalue weighted by Gasteiger charge is -2.43. The van der Waals surface area contributed by atoms with Gasteiger partial charge in [-0.25, -0.2) is 4.39 Å². The highest BCUT2D eigenvalue weighted by Crippen LogP contribution is 2.46. The largest absolute Gasteiger partial charge is 0.355 e. The van der Waals surface area contributed by atoms with Gasteiger partial charge in [-0.2, -0.15) is 0 Å². The number of para-hydroxylation sites is 1. The average molecular weight is 534 g/mol. The van der Waals surface area contributed by atoms with Crippen molar-refractivity contribution in [3.8, 4) is 0 Å². The van der Waals surface area contributed by atoms with E-state index in [-0.39, 0.29) is 30.1 Å². The third-order valence-corrected chi connectivity index (χ3v) is 8.29. The third kappa shape index (κ3) is 5.03. The van der Waals surface area contributed by atoms with E-state index in [1.54, 1.807) is 30.9 Å². The van der Waals surface area contributed by atoms with E-state index in [2.05, 4.69) is 10.6 Å². The lowest BCUT2D eigenvalue weighted by molar-refractivity contribution is -0.143. The van der Waals surface area contributed by atoms with Crippen molar-refractivity contribution in [3.63, 3.8) is 0 Å². The van der Waals surface area contributed by atoms with Crippen LogP contribution < -0.4 is 16.4 Å². The maximum absolute atomic E-state index is 14.1. The fourth-order valence-electron chi connectivity index (χ4n) is 6.17. The molecule has 3 aromatic rings. The number of carbonyl (C=O) groups is 3. The van der Waals surface area contributed by atoms with Gasteiger partial charge < -0.3 is 25.8 Å². The van der Waals surface area contributed by atoms with E-state index in [9.17, 15) is 18.8 Å². The molecule has 0 aliphatic carbocycles. The average Bonchev–Trinajstić information content (AvgIpc) is 3.39. The summed E-state index contributed by atoms with van der Waals surface area (Å²) in [6, 6.07) is 13.3. The number of piperidine rings is 1. The van der Waals surface area contributed by atoms with E-state index in [4.69, 9.17) is 5.73 Å². The van der Waals surface area contributed by atoms with Crippen LogP contribution >= 0.6 is 0 Å². The highest BCUT2D eigenvalue weighted by Gasteiger charge is 2.53. The van der Waals surface area contributed by atoms with Crippen LogP contribution in [0.15, 0.2) is 54.7 Å². The first-order valence-corrected chi connectivity index (χ1v) is 13.4. The SMILES string of the molecule is Cn1cc(CC(NC(=O)C(C)(C)N)C(=O)N2CCCC3(C2)C(=O)NCC3c2ccc(F)cc2)c2ccccc21. The highest BCUT2D eigenvalue weighted by atomic mass is 19.1. The summed E-state index contributed by atoms with van der Waals surface area (Å²) in [5.74, 6) is -1.27. The van der Waals surface area contributed by atoms with Gasteiger partial charge in [-0.1, -0.05) is 30.3 Å². The molecule has 0 radical (unpaired) electrons. The number of nitrogens with one attached hydrogen (secondary N) is 2. The number of carbonyl (C=O) groups excluding carboxylic acids is 3. The molecule has 5 rings (SSSR count). The number of aryl methyl sites for hydroxylation is 1. The Bertz CT molecular complexity index is 1410. The molecule has 3 heterocycles. The van der Waals surface area contributed by atoms with Crippen LogP contribution in [0.5, 0.6) is 0 Å². The maximum atomic E-state index is 14.1. The highest BCUT2D eigenvalue weighted by molar-refractivity contribution is 5.93. The maximum Gasteiger partial charge on any atom is 0.245 e. The minimum atomic E-state index is -1.17. The van der Waals surface area contributed by atoms with Crippen molar-refractivity contribution in [2.75, 3.05) is 19.6 Å². The van der Waals surface area contributed by atoms with Crippen LogP contribution in [-0.2, 0) is 27.9 Å². The van der Waals surface area contributed by atoms with Crippen LogP contribution in [0.3, 0.4) is 0 Å². The van der Waals surface area contributed by atoms with Gasteiger partial charge in [0.05, 0.1) is 11.0 Å². The molecule has 1 spiro atoms. The van der Waals surface area contributed by atoms with Crippen molar-refractivity contribution in [2.45, 2.75) is 50.6 Å². The van der Waals surface area contributed by atoms with E-state index in [1.165, 1.54) is 12.1 Å². The summed E-state index contributed by atoms with van der Waals surface area (Å²) in [5.41, 5.74) is 6.94. The zero-order chi connectivity index (χ0) is 27.9. The van der Waals surface area contributed by atoms with E-state index >= 15 is 0 Å². The van der Waals surface area contributed by atoms with Crippen LogP contribution in [0.4, 0.5) is 4.39 Å². The molecule has 2 aliphatic heterocycles. The Balaban J connectivity index is 1.45. The topological polar surface area (TPSA) is 109 Å². The van der Waals surface area contributed by atoms with Gasteiger partial charge >= 0.3 is 0 Å². The number of hydrogen-bond acceptors (Lipinski definition) is 4. The van der Waals surface area contributed by atoms with Gasteiger partial charge in [0.25, 0.3) is 0 Å². The first-order chi connectivity index (χ1) is 18.5. The first-order valence-electron chi connectivity index (χ1n) is 13.4. The van der Waals surface area contributed by atoms with Gasteiger partial charge in [0.15, 0.2) is 0 Å². The number of amides is 3. The Hall–Kier alpha value is -3.72. The molecule has 4 N–H and O–H groups in total. The number of benzene rings is 2. The Kier molecular flexibility index (Phi) is 6.97. The number of aromatic nitrogens is 1. The van der Waals surface area contributed by atoms with Crippen molar-refractivity contribution in [2.24, 2.45) is 18.2 Å².